The van der Waals surface area contributed by atoms with E-state index in [4.69, 9.17) is 32.7 Å². The first-order valence-electron chi connectivity index (χ1n) is 13.3. The maximum atomic E-state index is 13.9. The maximum absolute atomic E-state index is 13.9. The lowest BCUT2D eigenvalue weighted by Gasteiger charge is -2.41. The molecule has 3 aromatic heterocycles. The molecule has 40 heavy (non-hydrogen) atoms. The second kappa shape index (κ2) is 10.3. The average Bonchev–Trinajstić information content (AvgIpc) is 3.03. The summed E-state index contributed by atoms with van der Waals surface area (Å²) in [6.45, 7) is 14.8. The van der Waals surface area contributed by atoms with Gasteiger partial charge in [-0.05, 0) is 32.6 Å². The van der Waals surface area contributed by atoms with Crippen molar-refractivity contribution in [1.82, 2.24) is 29.4 Å². The molecule has 2 aliphatic heterocycles. The van der Waals surface area contributed by atoms with Crippen molar-refractivity contribution in [3.05, 3.63) is 38.4 Å². The number of piperazine rings is 1. The van der Waals surface area contributed by atoms with Crippen LogP contribution >= 0.6 is 23.2 Å². The number of fused-ring (bicyclic) bond motifs is 2. The SMILES string of the molecule is CC(C)c1ncnc(C(C)C)c1-n1c(=O)nc2c3c(c(Cl)c(Cl)nc31)OC[C@H]1CN(C(=O)OC(C)(C)C)CCN21. The summed E-state index contributed by atoms with van der Waals surface area (Å²) in [6.07, 6.45) is 1.11. The predicted molar refractivity (Wildman–Crippen MR) is 153 cm³/mol. The number of rotatable bonds is 3. The lowest BCUT2D eigenvalue weighted by molar-refractivity contribution is 0.0202. The van der Waals surface area contributed by atoms with Crippen LogP contribution < -0.4 is 15.3 Å². The van der Waals surface area contributed by atoms with E-state index in [1.54, 1.807) is 4.90 Å². The number of carbonyl (C=O) groups is 1. The number of aromatic nitrogens is 5. The number of hydrogen-bond donors (Lipinski definition) is 0. The molecule has 5 heterocycles. The van der Waals surface area contributed by atoms with E-state index in [0.29, 0.717) is 53.7 Å². The summed E-state index contributed by atoms with van der Waals surface area (Å²) in [4.78, 5) is 48.6. The topological polar surface area (TPSA) is 116 Å². The first-order chi connectivity index (χ1) is 18.8. The highest BCUT2D eigenvalue weighted by Gasteiger charge is 2.38. The first kappa shape index (κ1) is 28.4. The maximum Gasteiger partial charge on any atom is 0.410 e. The highest BCUT2D eigenvalue weighted by atomic mass is 35.5. The van der Waals surface area contributed by atoms with Gasteiger partial charge in [-0.1, -0.05) is 50.9 Å². The van der Waals surface area contributed by atoms with Gasteiger partial charge in [0.2, 0.25) is 0 Å². The van der Waals surface area contributed by atoms with E-state index >= 15 is 0 Å². The fourth-order valence-electron chi connectivity index (χ4n) is 5.13. The zero-order valence-electron chi connectivity index (χ0n) is 23.7. The molecule has 3 aromatic rings. The number of nitrogens with zero attached hydrogens (tertiary/aromatic N) is 7. The molecule has 0 bridgehead atoms. The molecule has 1 atom stereocenters. The highest BCUT2D eigenvalue weighted by molar-refractivity contribution is 6.43. The van der Waals surface area contributed by atoms with E-state index in [1.165, 1.54) is 10.9 Å². The Labute approximate surface area is 242 Å². The molecule has 214 valence electrons. The van der Waals surface area contributed by atoms with Crippen LogP contribution in [0.3, 0.4) is 0 Å². The molecule has 13 heteroatoms. The van der Waals surface area contributed by atoms with Crippen molar-refractivity contribution < 1.29 is 14.3 Å². The van der Waals surface area contributed by atoms with Gasteiger partial charge in [-0.3, -0.25) is 0 Å². The van der Waals surface area contributed by atoms with Crippen molar-refractivity contribution >= 4 is 46.1 Å². The summed E-state index contributed by atoms with van der Waals surface area (Å²) < 4.78 is 13.3. The molecule has 0 spiro atoms. The Morgan fingerprint density at radius 1 is 1.07 bits per heavy atom. The lowest BCUT2D eigenvalue weighted by atomic mass is 10.0. The van der Waals surface area contributed by atoms with Gasteiger partial charge >= 0.3 is 11.8 Å². The molecule has 0 aliphatic carbocycles. The molecule has 1 amide bonds. The molecule has 11 nitrogen and oxygen atoms in total. The normalized spacial score (nSPS) is 17.2. The van der Waals surface area contributed by atoms with E-state index in [-0.39, 0.29) is 40.3 Å². The lowest BCUT2D eigenvalue weighted by Crippen LogP contribution is -2.57. The van der Waals surface area contributed by atoms with E-state index in [0.717, 1.165) is 0 Å². The Morgan fingerprint density at radius 2 is 1.73 bits per heavy atom. The minimum atomic E-state index is -0.622. The average molecular weight is 591 g/mol. The quantitative estimate of drug-likeness (QED) is 0.391. The third-order valence-electron chi connectivity index (χ3n) is 6.89. The van der Waals surface area contributed by atoms with Gasteiger partial charge in [0.05, 0.1) is 23.1 Å². The Morgan fingerprint density at radius 3 is 2.33 bits per heavy atom. The van der Waals surface area contributed by atoms with Crippen molar-refractivity contribution in [2.45, 2.75) is 71.9 Å². The van der Waals surface area contributed by atoms with Crippen molar-refractivity contribution in [3.8, 4) is 11.4 Å². The number of pyridine rings is 1. The summed E-state index contributed by atoms with van der Waals surface area (Å²) in [6, 6.07) is -0.313. The van der Waals surface area contributed by atoms with Crippen LogP contribution in [0, 0.1) is 0 Å². The molecular formula is C27H33Cl2N7O4. The van der Waals surface area contributed by atoms with Crippen LogP contribution in [0.2, 0.25) is 10.2 Å². The van der Waals surface area contributed by atoms with E-state index in [9.17, 15) is 9.59 Å². The third kappa shape index (κ3) is 4.94. The van der Waals surface area contributed by atoms with Crippen LogP contribution in [0.5, 0.6) is 5.75 Å². The summed E-state index contributed by atoms with van der Waals surface area (Å²) in [5.41, 5.74) is 0.991. The summed E-state index contributed by atoms with van der Waals surface area (Å²) >= 11 is 13.2. The van der Waals surface area contributed by atoms with Gasteiger partial charge in [0.1, 0.15) is 34.8 Å². The van der Waals surface area contributed by atoms with Crippen LogP contribution in [0.15, 0.2) is 11.1 Å². The molecule has 0 unspecified atom stereocenters. The van der Waals surface area contributed by atoms with Gasteiger partial charge < -0.3 is 19.3 Å². The fourth-order valence-corrected chi connectivity index (χ4v) is 5.48. The number of halogens is 2. The molecule has 1 fully saturated rings. The van der Waals surface area contributed by atoms with Crippen LogP contribution in [-0.4, -0.2) is 73.4 Å². The van der Waals surface area contributed by atoms with Crippen molar-refractivity contribution in [1.29, 1.82) is 0 Å². The Hall–Kier alpha value is -3.18. The van der Waals surface area contributed by atoms with Gasteiger partial charge in [-0.15, -0.1) is 0 Å². The van der Waals surface area contributed by atoms with Gasteiger partial charge in [-0.2, -0.15) is 4.98 Å². The van der Waals surface area contributed by atoms with Gasteiger partial charge in [0.25, 0.3) is 0 Å². The minimum absolute atomic E-state index is 0.00114. The summed E-state index contributed by atoms with van der Waals surface area (Å²) in [5, 5.41) is 0.595. The summed E-state index contributed by atoms with van der Waals surface area (Å²) in [5.74, 6) is 0.645. The second-order valence-corrected chi connectivity index (χ2v) is 12.4. The molecule has 2 aliphatic rings. The van der Waals surface area contributed by atoms with Gasteiger partial charge in [0.15, 0.2) is 16.5 Å². The van der Waals surface area contributed by atoms with E-state index in [2.05, 4.69) is 19.9 Å². The second-order valence-electron chi connectivity index (χ2n) is 11.7. The standard InChI is InChI=1S/C27H33Cl2N7O4/c1-13(2)18-20(19(14(3)4)31-12-30-18)36-24-16-21(17(28)22(29)32-24)39-11-15-10-34(26(38)40-27(5,6)7)8-9-35(15)23(16)33-25(36)37/h12-15H,8-11H2,1-7H3/t15-/m1/s1. The number of anilines is 1. The predicted octanol–water partition coefficient (Wildman–Crippen LogP) is 4.94. The number of carbonyl (C=O) groups excluding carboxylic acids is 1. The third-order valence-corrected chi connectivity index (χ3v) is 7.61. The molecule has 0 N–H and O–H groups in total. The molecular weight excluding hydrogens is 557 g/mol. The van der Waals surface area contributed by atoms with Crippen molar-refractivity contribution in [3.63, 3.8) is 0 Å². The number of amides is 1. The number of hydrogen-bond acceptors (Lipinski definition) is 9. The smallest absolute Gasteiger partial charge is 0.410 e. The van der Waals surface area contributed by atoms with Crippen LogP contribution in [0.1, 0.15) is 71.7 Å². The largest absolute Gasteiger partial charge is 0.489 e. The number of ether oxygens (including phenoxy) is 2. The van der Waals surface area contributed by atoms with Crippen molar-refractivity contribution in [2.75, 3.05) is 31.1 Å². The summed E-state index contributed by atoms with van der Waals surface area (Å²) in [7, 11) is 0. The first-order valence-corrected chi connectivity index (χ1v) is 14.1. The fraction of sp³-hybridized carbons (Fsp3) is 0.556. The van der Waals surface area contributed by atoms with Gasteiger partial charge in [-0.25, -0.2) is 29.1 Å². The Bertz CT molecular complexity index is 1520. The van der Waals surface area contributed by atoms with Crippen LogP contribution in [-0.2, 0) is 4.74 Å². The molecule has 0 saturated carbocycles. The molecule has 5 rings (SSSR count). The Kier molecular flexibility index (Phi) is 7.33. The van der Waals surface area contributed by atoms with Crippen LogP contribution in [0.25, 0.3) is 16.7 Å². The molecule has 0 radical (unpaired) electrons. The molecule has 1 saturated heterocycles. The van der Waals surface area contributed by atoms with Crippen molar-refractivity contribution in [2.24, 2.45) is 0 Å². The van der Waals surface area contributed by atoms with E-state index in [1.807, 2.05) is 53.4 Å². The minimum Gasteiger partial charge on any atom is -0.489 e. The monoisotopic (exact) mass is 589 g/mol. The zero-order valence-corrected chi connectivity index (χ0v) is 25.2. The van der Waals surface area contributed by atoms with E-state index < -0.39 is 17.4 Å². The highest BCUT2D eigenvalue weighted by Crippen LogP contribution is 2.44. The van der Waals surface area contributed by atoms with Gasteiger partial charge in [0, 0.05) is 19.6 Å². The molecule has 0 aromatic carbocycles. The Balaban J connectivity index is 1.72. The van der Waals surface area contributed by atoms with Crippen LogP contribution in [0.4, 0.5) is 10.6 Å². The zero-order chi connectivity index (χ0) is 29.1.